The normalized spacial score (nSPS) is 10.3. The van der Waals surface area contributed by atoms with Crippen molar-refractivity contribution in [2.24, 2.45) is 0 Å². The second kappa shape index (κ2) is 10.0. The van der Waals surface area contributed by atoms with Gasteiger partial charge in [-0.15, -0.1) is 0 Å². The Morgan fingerprint density at radius 3 is 2.62 bits per heavy atom. The summed E-state index contributed by atoms with van der Waals surface area (Å²) in [4.78, 5) is 25.0. The molecule has 0 radical (unpaired) electrons. The first-order valence-electron chi connectivity index (χ1n) is 9.15. The first-order valence-corrected chi connectivity index (χ1v) is 9.15. The van der Waals surface area contributed by atoms with Crippen molar-refractivity contribution in [3.05, 3.63) is 71.8 Å². The Bertz CT molecular complexity index is 950. The Morgan fingerprint density at radius 2 is 1.86 bits per heavy atom. The lowest BCUT2D eigenvalue weighted by Gasteiger charge is -2.10. The summed E-state index contributed by atoms with van der Waals surface area (Å²) in [5.74, 6) is 1.46. The monoisotopic (exact) mass is 393 g/mol. The number of anilines is 1. The van der Waals surface area contributed by atoms with Crippen LogP contribution in [0.1, 0.15) is 21.7 Å². The van der Waals surface area contributed by atoms with E-state index in [1.807, 2.05) is 36.4 Å². The lowest BCUT2D eigenvalue weighted by molar-refractivity contribution is 0.0949. The molecule has 2 N–H and O–H groups in total. The Balaban J connectivity index is 1.53. The number of benzene rings is 1. The van der Waals surface area contributed by atoms with Gasteiger partial charge in [-0.05, 0) is 42.3 Å². The summed E-state index contributed by atoms with van der Waals surface area (Å²) >= 11 is 0. The minimum atomic E-state index is -0.256. The molecular formula is C21H23N5O3. The van der Waals surface area contributed by atoms with Crippen LogP contribution in [-0.2, 0) is 13.0 Å². The molecule has 150 valence electrons. The molecule has 29 heavy (non-hydrogen) atoms. The van der Waals surface area contributed by atoms with Crippen LogP contribution in [0.15, 0.2) is 54.9 Å². The van der Waals surface area contributed by atoms with E-state index >= 15 is 0 Å². The van der Waals surface area contributed by atoms with Gasteiger partial charge in [-0.25, -0.2) is 9.97 Å². The van der Waals surface area contributed by atoms with Crippen LogP contribution in [0.5, 0.6) is 11.5 Å². The van der Waals surface area contributed by atoms with Gasteiger partial charge in [-0.2, -0.15) is 0 Å². The van der Waals surface area contributed by atoms with Gasteiger partial charge in [0.2, 0.25) is 5.95 Å². The van der Waals surface area contributed by atoms with Crippen LogP contribution in [-0.4, -0.2) is 41.6 Å². The summed E-state index contributed by atoms with van der Waals surface area (Å²) < 4.78 is 10.5. The van der Waals surface area contributed by atoms with Crippen molar-refractivity contribution in [1.29, 1.82) is 0 Å². The van der Waals surface area contributed by atoms with Gasteiger partial charge in [0.05, 0.1) is 26.5 Å². The van der Waals surface area contributed by atoms with E-state index in [-0.39, 0.29) is 5.91 Å². The molecule has 8 nitrogen and oxygen atoms in total. The van der Waals surface area contributed by atoms with E-state index < -0.39 is 0 Å². The third kappa shape index (κ3) is 5.65. The molecule has 3 rings (SSSR count). The van der Waals surface area contributed by atoms with Crippen LogP contribution in [0.25, 0.3) is 0 Å². The minimum Gasteiger partial charge on any atom is -0.493 e. The fourth-order valence-electron chi connectivity index (χ4n) is 2.69. The first-order chi connectivity index (χ1) is 14.2. The number of nitrogens with one attached hydrogen (secondary N) is 2. The highest BCUT2D eigenvalue weighted by Gasteiger charge is 2.09. The molecule has 1 aromatic carbocycles. The molecule has 1 amide bonds. The molecule has 0 spiro atoms. The molecule has 2 aromatic heterocycles. The predicted molar refractivity (Wildman–Crippen MR) is 109 cm³/mol. The van der Waals surface area contributed by atoms with Crippen LogP contribution in [0.2, 0.25) is 0 Å². The smallest absolute Gasteiger partial charge is 0.270 e. The zero-order chi connectivity index (χ0) is 20.5. The maximum Gasteiger partial charge on any atom is 0.270 e. The van der Waals surface area contributed by atoms with Gasteiger partial charge in [0, 0.05) is 18.9 Å². The van der Waals surface area contributed by atoms with Gasteiger partial charge in [0.25, 0.3) is 5.91 Å². The number of carbonyl (C=O) groups excluding carboxylic acids is 1. The standard InChI is InChI=1S/C21H23N5O3/c1-28-18-7-6-15(13-19(18)29-2)8-11-23-20(27)17-9-12-24-21(26-17)25-14-16-5-3-4-10-22-16/h3-7,9-10,12-13H,8,11,14H2,1-2H3,(H,23,27)(H,24,25,26). The average molecular weight is 393 g/mol. The average Bonchev–Trinajstić information content (AvgIpc) is 2.78. The zero-order valence-corrected chi connectivity index (χ0v) is 16.4. The van der Waals surface area contributed by atoms with Crippen LogP contribution in [0.4, 0.5) is 5.95 Å². The van der Waals surface area contributed by atoms with Gasteiger partial charge < -0.3 is 20.1 Å². The lowest BCUT2D eigenvalue weighted by Crippen LogP contribution is -2.27. The van der Waals surface area contributed by atoms with Crippen molar-refractivity contribution >= 4 is 11.9 Å². The van der Waals surface area contributed by atoms with Gasteiger partial charge in [-0.1, -0.05) is 12.1 Å². The van der Waals surface area contributed by atoms with E-state index in [1.54, 1.807) is 32.7 Å². The summed E-state index contributed by atoms with van der Waals surface area (Å²) in [7, 11) is 3.19. The molecule has 0 unspecified atom stereocenters. The summed E-state index contributed by atoms with van der Waals surface area (Å²) in [5.41, 5.74) is 2.19. The minimum absolute atomic E-state index is 0.256. The molecule has 0 fully saturated rings. The maximum atomic E-state index is 12.4. The van der Waals surface area contributed by atoms with Crippen LogP contribution < -0.4 is 20.1 Å². The molecule has 0 atom stereocenters. The first kappa shape index (κ1) is 20.1. The number of methoxy groups -OCH3 is 2. The highest BCUT2D eigenvalue weighted by molar-refractivity contribution is 5.92. The second-order valence-corrected chi connectivity index (χ2v) is 6.14. The summed E-state index contributed by atoms with van der Waals surface area (Å²) in [6, 6.07) is 12.9. The van der Waals surface area contributed by atoms with Crippen molar-refractivity contribution in [3.63, 3.8) is 0 Å². The second-order valence-electron chi connectivity index (χ2n) is 6.14. The van der Waals surface area contributed by atoms with E-state index in [2.05, 4.69) is 25.6 Å². The number of pyridine rings is 1. The largest absolute Gasteiger partial charge is 0.493 e. The number of rotatable bonds is 9. The molecule has 0 aliphatic heterocycles. The van der Waals surface area contributed by atoms with Gasteiger partial charge >= 0.3 is 0 Å². The van der Waals surface area contributed by atoms with Crippen molar-refractivity contribution in [2.45, 2.75) is 13.0 Å². The highest BCUT2D eigenvalue weighted by atomic mass is 16.5. The molecule has 8 heteroatoms. The quantitative estimate of drug-likeness (QED) is 0.576. The van der Waals surface area contributed by atoms with E-state index in [1.165, 1.54) is 0 Å². The fraction of sp³-hybridized carbons (Fsp3) is 0.238. The highest BCUT2D eigenvalue weighted by Crippen LogP contribution is 2.27. The molecular weight excluding hydrogens is 370 g/mol. The van der Waals surface area contributed by atoms with Crippen LogP contribution >= 0.6 is 0 Å². The Labute approximate surface area is 169 Å². The Morgan fingerprint density at radius 1 is 1.00 bits per heavy atom. The molecule has 0 aliphatic rings. The molecule has 2 heterocycles. The van der Waals surface area contributed by atoms with Gasteiger partial charge in [0.15, 0.2) is 11.5 Å². The SMILES string of the molecule is COc1ccc(CCNC(=O)c2ccnc(NCc3ccccn3)n2)cc1OC. The molecule has 0 saturated carbocycles. The van der Waals surface area contributed by atoms with Gasteiger partial charge in [0.1, 0.15) is 5.69 Å². The van der Waals surface area contributed by atoms with E-state index in [0.717, 1.165) is 11.3 Å². The van der Waals surface area contributed by atoms with Gasteiger partial charge in [-0.3, -0.25) is 9.78 Å². The third-order valence-corrected chi connectivity index (χ3v) is 4.19. The summed E-state index contributed by atoms with van der Waals surface area (Å²) in [5, 5.41) is 5.94. The third-order valence-electron chi connectivity index (χ3n) is 4.19. The number of nitrogens with zero attached hydrogens (tertiary/aromatic N) is 3. The Hall–Kier alpha value is -3.68. The Kier molecular flexibility index (Phi) is 6.94. The topological polar surface area (TPSA) is 98.3 Å². The summed E-state index contributed by atoms with van der Waals surface area (Å²) in [6.07, 6.45) is 3.93. The molecule has 3 aromatic rings. The van der Waals surface area contributed by atoms with Crippen molar-refractivity contribution in [2.75, 3.05) is 26.1 Å². The molecule has 0 aliphatic carbocycles. The van der Waals surface area contributed by atoms with Crippen LogP contribution in [0, 0.1) is 0 Å². The lowest BCUT2D eigenvalue weighted by atomic mass is 10.1. The summed E-state index contributed by atoms with van der Waals surface area (Å²) in [6.45, 7) is 0.945. The zero-order valence-electron chi connectivity index (χ0n) is 16.4. The maximum absolute atomic E-state index is 12.4. The molecule has 0 bridgehead atoms. The van der Waals surface area contributed by atoms with Crippen molar-refractivity contribution in [3.8, 4) is 11.5 Å². The number of hydrogen-bond donors (Lipinski definition) is 2. The number of ether oxygens (including phenoxy) is 2. The molecule has 0 saturated heterocycles. The van der Waals surface area contributed by atoms with E-state index in [0.29, 0.717) is 42.7 Å². The van der Waals surface area contributed by atoms with Crippen molar-refractivity contribution < 1.29 is 14.3 Å². The number of amides is 1. The number of aromatic nitrogens is 3. The predicted octanol–water partition coefficient (Wildman–Crippen LogP) is 2.47. The van der Waals surface area contributed by atoms with E-state index in [9.17, 15) is 4.79 Å². The fourth-order valence-corrected chi connectivity index (χ4v) is 2.69. The van der Waals surface area contributed by atoms with Crippen LogP contribution in [0.3, 0.4) is 0 Å². The number of hydrogen-bond acceptors (Lipinski definition) is 7. The van der Waals surface area contributed by atoms with E-state index in [4.69, 9.17) is 9.47 Å². The number of carbonyl (C=O) groups is 1. The van der Waals surface area contributed by atoms with Crippen molar-refractivity contribution in [1.82, 2.24) is 20.3 Å².